The Morgan fingerprint density at radius 1 is 1.03 bits per heavy atom. The Kier molecular flexibility index (Phi) is 4.69. The lowest BCUT2D eigenvalue weighted by molar-refractivity contribution is -0.293. The second-order valence-electron chi connectivity index (χ2n) is 13.1. The predicted octanol–water partition coefficient (Wildman–Crippen LogP) is 3.80. The number of aliphatic hydroxyl groups is 3. The number of hydrogen-bond donors (Lipinski definition) is 3. The van der Waals surface area contributed by atoms with E-state index in [9.17, 15) is 15.3 Å². The molecule has 180 valence electrons. The highest BCUT2D eigenvalue weighted by atomic mass is 16.7. The van der Waals surface area contributed by atoms with Crippen molar-refractivity contribution in [2.75, 3.05) is 6.61 Å². The lowest BCUT2D eigenvalue weighted by Crippen LogP contribution is -2.56. The second-order valence-corrected chi connectivity index (χ2v) is 13.1. The summed E-state index contributed by atoms with van der Waals surface area (Å²) >= 11 is 0. The Morgan fingerprint density at radius 3 is 2.53 bits per heavy atom. The van der Waals surface area contributed by atoms with Crippen LogP contribution in [0.25, 0.3) is 0 Å². The monoisotopic (exact) mass is 446 g/mol. The van der Waals surface area contributed by atoms with Crippen LogP contribution in [0.5, 0.6) is 0 Å². The average molecular weight is 447 g/mol. The molecule has 0 amide bonds. The average Bonchev–Trinajstić information content (AvgIpc) is 3.17. The molecule has 2 aliphatic heterocycles. The maximum atomic E-state index is 11.1. The molecule has 6 rings (SSSR count). The minimum Gasteiger partial charge on any atom is -0.393 e. The van der Waals surface area contributed by atoms with Gasteiger partial charge in [0.05, 0.1) is 30.5 Å². The maximum Gasteiger partial charge on any atom is 0.171 e. The quantitative estimate of drug-likeness (QED) is 0.493. The van der Waals surface area contributed by atoms with E-state index in [1.807, 2.05) is 6.92 Å². The van der Waals surface area contributed by atoms with E-state index >= 15 is 0 Å². The molecule has 1 spiro atoms. The molecular weight excluding hydrogens is 404 g/mol. The molecule has 5 fully saturated rings. The van der Waals surface area contributed by atoms with Crippen molar-refractivity contribution in [1.29, 1.82) is 0 Å². The maximum absolute atomic E-state index is 11.1. The number of allylic oxidation sites excluding steroid dienone is 1. The van der Waals surface area contributed by atoms with Crippen LogP contribution in [0.3, 0.4) is 0 Å². The Morgan fingerprint density at radius 2 is 1.81 bits per heavy atom. The third-order valence-electron chi connectivity index (χ3n) is 11.5. The number of rotatable bonds is 0. The molecule has 0 aromatic rings. The molecule has 3 N–H and O–H groups in total. The zero-order chi connectivity index (χ0) is 22.7. The van der Waals surface area contributed by atoms with E-state index < -0.39 is 23.6 Å². The van der Waals surface area contributed by atoms with Crippen molar-refractivity contribution in [2.24, 2.45) is 40.4 Å². The molecule has 32 heavy (non-hydrogen) atoms. The van der Waals surface area contributed by atoms with Gasteiger partial charge in [0.2, 0.25) is 0 Å². The molecule has 2 saturated heterocycles. The fourth-order valence-electron chi connectivity index (χ4n) is 9.70. The van der Waals surface area contributed by atoms with Gasteiger partial charge in [0.25, 0.3) is 0 Å². The SMILES string of the molecule is C[C@H]1[C@H]2[C@H](C[C@H]3[C@@H]4CC=C5C[C@H](O)C[C@@H](O)[C@]5(C)[C@H]4CC[C@]23C)O[C@]12CC[C@](C)(O)CO2. The largest absolute Gasteiger partial charge is 0.393 e. The van der Waals surface area contributed by atoms with Gasteiger partial charge in [-0.15, -0.1) is 0 Å². The third-order valence-corrected chi connectivity index (χ3v) is 11.5. The van der Waals surface area contributed by atoms with Crippen LogP contribution in [0.15, 0.2) is 11.6 Å². The molecule has 4 aliphatic carbocycles. The summed E-state index contributed by atoms with van der Waals surface area (Å²) < 4.78 is 13.1. The molecule has 5 heteroatoms. The highest BCUT2D eigenvalue weighted by molar-refractivity contribution is 5.28. The Balaban J connectivity index is 1.28. The van der Waals surface area contributed by atoms with E-state index in [0.29, 0.717) is 42.6 Å². The van der Waals surface area contributed by atoms with Gasteiger partial charge in [-0.05, 0) is 74.5 Å². The molecule has 2 heterocycles. The van der Waals surface area contributed by atoms with E-state index in [4.69, 9.17) is 9.47 Å². The topological polar surface area (TPSA) is 79.2 Å². The van der Waals surface area contributed by atoms with Gasteiger partial charge >= 0.3 is 0 Å². The van der Waals surface area contributed by atoms with Crippen LogP contribution in [0.2, 0.25) is 0 Å². The summed E-state index contributed by atoms with van der Waals surface area (Å²) in [5, 5.41) is 31.8. The minimum absolute atomic E-state index is 0.188. The minimum atomic E-state index is -0.744. The fraction of sp³-hybridized carbons (Fsp3) is 0.926. The van der Waals surface area contributed by atoms with Crippen LogP contribution < -0.4 is 0 Å². The van der Waals surface area contributed by atoms with Crippen LogP contribution in [0, 0.1) is 40.4 Å². The molecule has 12 atom stereocenters. The van der Waals surface area contributed by atoms with Gasteiger partial charge in [-0.1, -0.05) is 32.4 Å². The highest BCUT2D eigenvalue weighted by Crippen LogP contribution is 2.70. The summed E-state index contributed by atoms with van der Waals surface area (Å²) in [7, 11) is 0. The van der Waals surface area contributed by atoms with Gasteiger partial charge in [0, 0.05) is 24.2 Å². The Labute approximate surface area is 192 Å². The first kappa shape index (κ1) is 22.0. The molecule has 6 aliphatic rings. The second kappa shape index (κ2) is 6.81. The van der Waals surface area contributed by atoms with E-state index in [0.717, 1.165) is 38.5 Å². The van der Waals surface area contributed by atoms with Crippen LogP contribution in [0.1, 0.15) is 79.1 Å². The van der Waals surface area contributed by atoms with E-state index in [1.165, 1.54) is 12.0 Å². The van der Waals surface area contributed by atoms with Crippen LogP contribution in [-0.4, -0.2) is 51.6 Å². The first-order valence-electron chi connectivity index (χ1n) is 13.1. The van der Waals surface area contributed by atoms with Crippen molar-refractivity contribution in [3.63, 3.8) is 0 Å². The molecule has 0 bridgehead atoms. The first-order valence-corrected chi connectivity index (χ1v) is 13.1. The summed E-state index contributed by atoms with van der Waals surface area (Å²) in [6, 6.07) is 0. The van der Waals surface area contributed by atoms with Crippen LogP contribution in [0.4, 0.5) is 0 Å². The molecule has 0 radical (unpaired) electrons. The van der Waals surface area contributed by atoms with Gasteiger partial charge in [-0.2, -0.15) is 0 Å². The van der Waals surface area contributed by atoms with Crippen molar-refractivity contribution in [3.8, 4) is 0 Å². The van der Waals surface area contributed by atoms with Crippen molar-refractivity contribution in [1.82, 2.24) is 0 Å². The number of aliphatic hydroxyl groups excluding tert-OH is 2. The summed E-state index contributed by atoms with van der Waals surface area (Å²) in [6.07, 6.45) is 9.01. The van der Waals surface area contributed by atoms with Gasteiger partial charge in [0.1, 0.15) is 0 Å². The summed E-state index contributed by atoms with van der Waals surface area (Å²) in [5.41, 5.74) is 0.608. The van der Waals surface area contributed by atoms with Gasteiger partial charge < -0.3 is 24.8 Å². The molecule has 0 unspecified atom stereocenters. The lowest BCUT2D eigenvalue weighted by atomic mass is 9.46. The summed E-state index contributed by atoms with van der Waals surface area (Å²) in [5.74, 6) is 1.98. The van der Waals surface area contributed by atoms with Gasteiger partial charge in [-0.3, -0.25) is 0 Å². The van der Waals surface area contributed by atoms with Crippen LogP contribution >= 0.6 is 0 Å². The normalized spacial score (nSPS) is 61.5. The number of fused-ring (bicyclic) bond motifs is 7. The van der Waals surface area contributed by atoms with Crippen LogP contribution in [-0.2, 0) is 9.47 Å². The van der Waals surface area contributed by atoms with Gasteiger partial charge in [-0.25, -0.2) is 0 Å². The van der Waals surface area contributed by atoms with E-state index in [1.54, 1.807) is 0 Å². The van der Waals surface area contributed by atoms with Gasteiger partial charge in [0.15, 0.2) is 5.79 Å². The fourth-order valence-corrected chi connectivity index (χ4v) is 9.70. The molecule has 0 aromatic carbocycles. The molecule has 5 nitrogen and oxygen atoms in total. The standard InChI is InChI=1S/C27H42O5/c1-15-23-21(32-27(15)10-9-24(2,30)14-31-27)13-20-18-6-5-16-11-17(28)12-22(29)26(16,4)19(18)7-8-25(20,23)3/h5,15,17-23,28-30H,6-14H2,1-4H3/t15-,17-,18+,19-,20-,21-,22+,23-,24-,25-,26-,27+/m0/s1. The van der Waals surface area contributed by atoms with Crippen molar-refractivity contribution in [3.05, 3.63) is 11.6 Å². The Hall–Kier alpha value is -0.460. The number of ether oxygens (including phenoxy) is 2. The van der Waals surface area contributed by atoms with E-state index in [-0.39, 0.29) is 16.9 Å². The Bertz CT molecular complexity index is 811. The molecule has 3 saturated carbocycles. The predicted molar refractivity (Wildman–Crippen MR) is 121 cm³/mol. The molecular formula is C27H42O5. The zero-order valence-corrected chi connectivity index (χ0v) is 20.2. The smallest absolute Gasteiger partial charge is 0.171 e. The summed E-state index contributed by atoms with van der Waals surface area (Å²) in [4.78, 5) is 0. The third kappa shape index (κ3) is 2.75. The first-order chi connectivity index (χ1) is 15.0. The highest BCUT2D eigenvalue weighted by Gasteiger charge is 2.69. The van der Waals surface area contributed by atoms with E-state index in [2.05, 4.69) is 26.8 Å². The van der Waals surface area contributed by atoms with Crippen molar-refractivity contribution in [2.45, 2.75) is 109 Å². The van der Waals surface area contributed by atoms with Crippen molar-refractivity contribution >= 4 is 0 Å². The molecule has 0 aromatic heterocycles. The lowest BCUT2D eigenvalue weighted by Gasteiger charge is -2.59. The van der Waals surface area contributed by atoms with Crippen molar-refractivity contribution < 1.29 is 24.8 Å². The zero-order valence-electron chi connectivity index (χ0n) is 20.2. The number of hydrogen-bond acceptors (Lipinski definition) is 5. The summed E-state index contributed by atoms with van der Waals surface area (Å²) in [6.45, 7) is 9.34.